The quantitative estimate of drug-likeness (QED) is 0.761. The van der Waals surface area contributed by atoms with Gasteiger partial charge in [-0.15, -0.1) is 0 Å². The Labute approximate surface area is 118 Å². The first-order valence-electron chi connectivity index (χ1n) is 5.83. The first kappa shape index (κ1) is 12.4. The van der Waals surface area contributed by atoms with Gasteiger partial charge in [-0.2, -0.15) is 0 Å². The number of halogens is 2. The Kier molecular flexibility index (Phi) is 3.12. The van der Waals surface area contributed by atoms with Gasteiger partial charge in [-0.05, 0) is 42.0 Å². The Morgan fingerprint density at radius 2 is 1.79 bits per heavy atom. The summed E-state index contributed by atoms with van der Waals surface area (Å²) in [5, 5.41) is 0.725. The van der Waals surface area contributed by atoms with Crippen LogP contribution in [0, 0.1) is 5.82 Å². The van der Waals surface area contributed by atoms with Gasteiger partial charge in [0.2, 0.25) is 0 Å². The van der Waals surface area contributed by atoms with Crippen LogP contribution in [-0.4, -0.2) is 0 Å². The zero-order valence-corrected chi connectivity index (χ0v) is 11.5. The van der Waals surface area contributed by atoms with E-state index in [0.29, 0.717) is 11.3 Å². The molecule has 1 aromatic heterocycles. The van der Waals surface area contributed by atoms with Gasteiger partial charge in [0.1, 0.15) is 17.2 Å². The highest BCUT2D eigenvalue weighted by Gasteiger charge is 2.14. The van der Waals surface area contributed by atoms with E-state index in [4.69, 9.17) is 10.2 Å². The molecular weight excluding hydrogens is 309 g/mol. The van der Waals surface area contributed by atoms with Crippen molar-refractivity contribution >= 4 is 26.9 Å². The third-order valence-corrected chi connectivity index (χ3v) is 3.56. The van der Waals surface area contributed by atoms with Crippen LogP contribution < -0.4 is 5.73 Å². The molecule has 0 radical (unpaired) electrons. The minimum absolute atomic E-state index is 0.280. The maximum absolute atomic E-state index is 13.1. The van der Waals surface area contributed by atoms with Gasteiger partial charge in [0, 0.05) is 9.86 Å². The van der Waals surface area contributed by atoms with Crippen LogP contribution in [0.15, 0.2) is 57.4 Å². The lowest BCUT2D eigenvalue weighted by molar-refractivity contribution is 0.524. The normalized spacial score (nSPS) is 12.8. The van der Waals surface area contributed by atoms with Crippen LogP contribution in [-0.2, 0) is 0 Å². The van der Waals surface area contributed by atoms with E-state index < -0.39 is 0 Å². The van der Waals surface area contributed by atoms with Gasteiger partial charge in [-0.1, -0.05) is 28.1 Å². The topological polar surface area (TPSA) is 39.2 Å². The Morgan fingerprint density at radius 1 is 1.05 bits per heavy atom. The second-order valence-corrected chi connectivity index (χ2v) is 5.28. The number of furan rings is 1. The SMILES string of the molecule is NC(c1ccc(Br)cc1)c1cc2cc(F)ccc2o1. The van der Waals surface area contributed by atoms with Crippen molar-refractivity contribution in [2.45, 2.75) is 6.04 Å². The third-order valence-electron chi connectivity index (χ3n) is 3.03. The standard InChI is InChI=1S/C15H11BrFNO/c16-11-3-1-9(2-4-11)15(18)14-8-10-7-12(17)5-6-13(10)19-14/h1-8,15H,18H2. The molecule has 3 aromatic rings. The highest BCUT2D eigenvalue weighted by Crippen LogP contribution is 2.27. The summed E-state index contributed by atoms with van der Waals surface area (Å²) in [5.41, 5.74) is 7.76. The van der Waals surface area contributed by atoms with E-state index in [1.807, 2.05) is 24.3 Å². The summed E-state index contributed by atoms with van der Waals surface area (Å²) in [7, 11) is 0. The monoisotopic (exact) mass is 319 g/mol. The Balaban J connectivity index is 2.01. The zero-order chi connectivity index (χ0) is 13.4. The molecule has 1 unspecified atom stereocenters. The molecule has 19 heavy (non-hydrogen) atoms. The molecule has 96 valence electrons. The number of nitrogens with two attached hydrogens (primary N) is 1. The van der Waals surface area contributed by atoms with E-state index in [1.165, 1.54) is 12.1 Å². The molecule has 0 fully saturated rings. The summed E-state index contributed by atoms with van der Waals surface area (Å²) in [4.78, 5) is 0. The van der Waals surface area contributed by atoms with E-state index in [9.17, 15) is 4.39 Å². The molecule has 1 atom stereocenters. The molecule has 2 aromatic carbocycles. The van der Waals surface area contributed by atoms with E-state index in [0.717, 1.165) is 15.4 Å². The second kappa shape index (κ2) is 4.79. The molecule has 0 saturated carbocycles. The molecule has 0 aliphatic carbocycles. The lowest BCUT2D eigenvalue weighted by Crippen LogP contribution is -2.10. The van der Waals surface area contributed by atoms with E-state index in [1.54, 1.807) is 12.1 Å². The minimum Gasteiger partial charge on any atom is -0.459 e. The van der Waals surface area contributed by atoms with Gasteiger partial charge in [0.15, 0.2) is 0 Å². The molecule has 2 N–H and O–H groups in total. The van der Waals surface area contributed by atoms with Gasteiger partial charge in [0.05, 0.1) is 6.04 Å². The van der Waals surface area contributed by atoms with Crippen LogP contribution in [0.2, 0.25) is 0 Å². The molecule has 4 heteroatoms. The molecule has 0 bridgehead atoms. The Morgan fingerprint density at radius 3 is 2.53 bits per heavy atom. The van der Waals surface area contributed by atoms with Gasteiger partial charge < -0.3 is 10.2 Å². The third kappa shape index (κ3) is 2.41. The first-order valence-corrected chi connectivity index (χ1v) is 6.63. The van der Waals surface area contributed by atoms with Crippen molar-refractivity contribution in [3.63, 3.8) is 0 Å². The molecule has 0 aliphatic rings. The van der Waals surface area contributed by atoms with Crippen molar-refractivity contribution in [2.75, 3.05) is 0 Å². The minimum atomic E-state index is -0.358. The van der Waals surface area contributed by atoms with Gasteiger partial charge in [0.25, 0.3) is 0 Å². The summed E-state index contributed by atoms with van der Waals surface area (Å²) < 4.78 is 19.8. The van der Waals surface area contributed by atoms with E-state index in [2.05, 4.69) is 15.9 Å². The highest BCUT2D eigenvalue weighted by molar-refractivity contribution is 9.10. The summed E-state index contributed by atoms with van der Waals surface area (Å²) in [5.74, 6) is 0.347. The average molecular weight is 320 g/mol. The summed E-state index contributed by atoms with van der Waals surface area (Å²) in [6.07, 6.45) is 0. The molecule has 3 rings (SSSR count). The fraction of sp³-hybridized carbons (Fsp3) is 0.0667. The fourth-order valence-electron chi connectivity index (χ4n) is 2.02. The maximum atomic E-state index is 13.1. The van der Waals surface area contributed by atoms with Crippen LogP contribution in [0.4, 0.5) is 4.39 Å². The molecule has 0 saturated heterocycles. The number of hydrogen-bond acceptors (Lipinski definition) is 2. The first-order chi connectivity index (χ1) is 9.13. The van der Waals surface area contributed by atoms with Crippen molar-refractivity contribution in [2.24, 2.45) is 5.73 Å². The highest BCUT2D eigenvalue weighted by atomic mass is 79.9. The van der Waals surface area contributed by atoms with Gasteiger partial charge in [-0.25, -0.2) is 4.39 Å². The lowest BCUT2D eigenvalue weighted by atomic mass is 10.1. The summed E-state index contributed by atoms with van der Waals surface area (Å²) >= 11 is 3.38. The predicted molar refractivity (Wildman–Crippen MR) is 76.3 cm³/mol. The van der Waals surface area contributed by atoms with Crippen molar-refractivity contribution < 1.29 is 8.81 Å². The molecule has 0 aliphatic heterocycles. The largest absolute Gasteiger partial charge is 0.459 e. The van der Waals surface area contributed by atoms with Crippen molar-refractivity contribution in [1.82, 2.24) is 0 Å². The predicted octanol–water partition coefficient (Wildman–Crippen LogP) is 4.38. The second-order valence-electron chi connectivity index (χ2n) is 4.36. The molecule has 0 amide bonds. The van der Waals surface area contributed by atoms with Crippen LogP contribution in [0.1, 0.15) is 17.4 Å². The van der Waals surface area contributed by atoms with Gasteiger partial charge >= 0.3 is 0 Å². The van der Waals surface area contributed by atoms with Crippen LogP contribution >= 0.6 is 15.9 Å². The number of fused-ring (bicyclic) bond motifs is 1. The van der Waals surface area contributed by atoms with Crippen LogP contribution in [0.3, 0.4) is 0 Å². The average Bonchev–Trinajstić information content (AvgIpc) is 2.81. The van der Waals surface area contributed by atoms with Gasteiger partial charge in [-0.3, -0.25) is 0 Å². The molecule has 1 heterocycles. The Hall–Kier alpha value is -1.65. The number of rotatable bonds is 2. The van der Waals surface area contributed by atoms with Crippen LogP contribution in [0.5, 0.6) is 0 Å². The van der Waals surface area contributed by atoms with Crippen molar-refractivity contribution in [1.29, 1.82) is 0 Å². The molecular formula is C15H11BrFNO. The number of benzene rings is 2. The summed E-state index contributed by atoms with van der Waals surface area (Å²) in [6, 6.07) is 13.6. The van der Waals surface area contributed by atoms with E-state index >= 15 is 0 Å². The van der Waals surface area contributed by atoms with Crippen LogP contribution in [0.25, 0.3) is 11.0 Å². The molecule has 2 nitrogen and oxygen atoms in total. The summed E-state index contributed by atoms with van der Waals surface area (Å²) in [6.45, 7) is 0. The lowest BCUT2D eigenvalue weighted by Gasteiger charge is -2.08. The van der Waals surface area contributed by atoms with Crippen molar-refractivity contribution in [3.8, 4) is 0 Å². The maximum Gasteiger partial charge on any atom is 0.134 e. The van der Waals surface area contributed by atoms with E-state index in [-0.39, 0.29) is 11.9 Å². The fourth-order valence-corrected chi connectivity index (χ4v) is 2.29. The molecule has 0 spiro atoms. The smallest absolute Gasteiger partial charge is 0.134 e. The zero-order valence-electron chi connectivity index (χ0n) is 9.94. The van der Waals surface area contributed by atoms with Crippen molar-refractivity contribution in [3.05, 3.63) is 70.1 Å². The number of hydrogen-bond donors (Lipinski definition) is 1. The Bertz CT molecular complexity index is 721.